The van der Waals surface area contributed by atoms with Crippen LogP contribution < -0.4 is 0 Å². The molecule has 0 saturated carbocycles. The van der Waals surface area contributed by atoms with Crippen molar-refractivity contribution >= 4 is 6.03 Å². The van der Waals surface area contributed by atoms with E-state index >= 15 is 0 Å². The number of allylic oxidation sites excluding steroid dienone is 1. The summed E-state index contributed by atoms with van der Waals surface area (Å²) < 4.78 is 0. The molecule has 2 amide bonds. The summed E-state index contributed by atoms with van der Waals surface area (Å²) in [6.07, 6.45) is 0. The van der Waals surface area contributed by atoms with Crippen LogP contribution in [0.15, 0.2) is 11.3 Å². The Kier molecular flexibility index (Phi) is 4.38. The van der Waals surface area contributed by atoms with E-state index < -0.39 is 0 Å². The van der Waals surface area contributed by atoms with E-state index in [4.69, 9.17) is 0 Å². The molecule has 1 heterocycles. The van der Waals surface area contributed by atoms with Gasteiger partial charge >= 0.3 is 6.03 Å². The Labute approximate surface area is 118 Å². The van der Waals surface area contributed by atoms with Gasteiger partial charge in [-0.2, -0.15) is 0 Å². The van der Waals surface area contributed by atoms with Crippen LogP contribution in [-0.4, -0.2) is 34.5 Å². The molecular weight excluding hydrogens is 236 g/mol. The van der Waals surface area contributed by atoms with Gasteiger partial charge in [0, 0.05) is 18.8 Å². The van der Waals surface area contributed by atoms with Crippen LogP contribution in [0.1, 0.15) is 55.4 Å². The van der Waals surface area contributed by atoms with E-state index in [0.717, 1.165) is 0 Å². The molecule has 0 aliphatic carbocycles. The van der Waals surface area contributed by atoms with E-state index in [9.17, 15) is 4.79 Å². The van der Waals surface area contributed by atoms with Gasteiger partial charge in [0.2, 0.25) is 0 Å². The lowest BCUT2D eigenvalue weighted by Crippen LogP contribution is -2.59. The molecule has 19 heavy (non-hydrogen) atoms. The molecule has 0 aromatic carbocycles. The highest BCUT2D eigenvalue weighted by atomic mass is 16.2. The predicted octanol–water partition coefficient (Wildman–Crippen LogP) is 4.11. The Hall–Kier alpha value is -0.990. The molecule has 0 atom stereocenters. The zero-order chi connectivity index (χ0) is 15.1. The van der Waals surface area contributed by atoms with Gasteiger partial charge in [-0.3, -0.25) is 4.90 Å². The summed E-state index contributed by atoms with van der Waals surface area (Å²) in [4.78, 5) is 16.5. The lowest BCUT2D eigenvalue weighted by atomic mass is 9.78. The molecule has 110 valence electrons. The number of hydrogen-bond acceptors (Lipinski definition) is 1. The second-order valence-corrected chi connectivity index (χ2v) is 6.97. The Bertz CT molecular complexity index is 392. The summed E-state index contributed by atoms with van der Waals surface area (Å²) in [5.41, 5.74) is 2.40. The van der Waals surface area contributed by atoms with Gasteiger partial charge in [-0.25, -0.2) is 4.79 Å². The van der Waals surface area contributed by atoms with Crippen molar-refractivity contribution in [1.82, 2.24) is 9.80 Å². The van der Waals surface area contributed by atoms with Gasteiger partial charge in [-0.1, -0.05) is 27.7 Å². The number of urea groups is 1. The molecule has 1 rings (SSSR count). The third-order valence-corrected chi connectivity index (χ3v) is 4.17. The Morgan fingerprint density at radius 3 is 1.74 bits per heavy atom. The van der Waals surface area contributed by atoms with Crippen molar-refractivity contribution in [2.75, 3.05) is 7.05 Å². The molecule has 3 nitrogen and oxygen atoms in total. The van der Waals surface area contributed by atoms with Crippen molar-refractivity contribution in [2.45, 2.75) is 67.0 Å². The summed E-state index contributed by atoms with van der Waals surface area (Å²) in [6, 6.07) is 0.310. The fourth-order valence-electron chi connectivity index (χ4n) is 3.22. The molecule has 0 fully saturated rings. The molecule has 0 aromatic heterocycles. The third-order valence-electron chi connectivity index (χ3n) is 4.17. The van der Waals surface area contributed by atoms with Crippen LogP contribution >= 0.6 is 0 Å². The smallest absolute Gasteiger partial charge is 0.318 e. The normalized spacial score (nSPS) is 20.3. The van der Waals surface area contributed by atoms with Gasteiger partial charge in [0.15, 0.2) is 0 Å². The monoisotopic (exact) mass is 266 g/mol. The molecular formula is C16H30N2O. The fraction of sp³-hybridized carbons (Fsp3) is 0.812. The summed E-state index contributed by atoms with van der Waals surface area (Å²) in [6.45, 7) is 17.3. The van der Waals surface area contributed by atoms with E-state index in [1.54, 1.807) is 0 Å². The molecule has 0 radical (unpaired) electrons. The first kappa shape index (κ1) is 16.1. The number of carbonyl (C=O) groups is 1. The molecule has 1 aliphatic heterocycles. The summed E-state index contributed by atoms with van der Waals surface area (Å²) in [5.74, 6) is 0.793. The molecule has 0 unspecified atom stereocenters. The van der Waals surface area contributed by atoms with Gasteiger partial charge in [0.05, 0.1) is 5.54 Å². The number of rotatable bonds is 3. The molecule has 1 aliphatic rings. The second-order valence-electron chi connectivity index (χ2n) is 6.97. The largest absolute Gasteiger partial charge is 0.324 e. The first-order valence-corrected chi connectivity index (χ1v) is 7.35. The zero-order valence-corrected chi connectivity index (χ0v) is 14.0. The lowest BCUT2D eigenvalue weighted by Gasteiger charge is -2.51. The van der Waals surface area contributed by atoms with E-state index in [1.807, 2.05) is 16.8 Å². The van der Waals surface area contributed by atoms with Crippen molar-refractivity contribution in [3.63, 3.8) is 0 Å². The van der Waals surface area contributed by atoms with Crippen molar-refractivity contribution in [3.05, 3.63) is 11.3 Å². The van der Waals surface area contributed by atoms with Gasteiger partial charge < -0.3 is 4.90 Å². The van der Waals surface area contributed by atoms with Crippen molar-refractivity contribution in [1.29, 1.82) is 0 Å². The third kappa shape index (κ3) is 2.52. The van der Waals surface area contributed by atoms with Crippen molar-refractivity contribution in [3.8, 4) is 0 Å². The van der Waals surface area contributed by atoms with Crippen LogP contribution in [0.25, 0.3) is 0 Å². The topological polar surface area (TPSA) is 23.6 Å². The molecule has 0 spiro atoms. The fourth-order valence-corrected chi connectivity index (χ4v) is 3.22. The second kappa shape index (κ2) is 5.18. The maximum Gasteiger partial charge on any atom is 0.324 e. The van der Waals surface area contributed by atoms with E-state index in [0.29, 0.717) is 11.8 Å². The van der Waals surface area contributed by atoms with E-state index in [2.05, 4.69) is 55.4 Å². The minimum absolute atomic E-state index is 0.119. The summed E-state index contributed by atoms with van der Waals surface area (Å²) >= 11 is 0. The Morgan fingerprint density at radius 1 is 0.947 bits per heavy atom. The van der Waals surface area contributed by atoms with Crippen LogP contribution in [0, 0.1) is 11.8 Å². The van der Waals surface area contributed by atoms with Gasteiger partial charge in [-0.15, -0.1) is 0 Å². The molecule has 0 N–H and O–H groups in total. The maximum absolute atomic E-state index is 12.7. The zero-order valence-electron chi connectivity index (χ0n) is 14.0. The summed E-state index contributed by atoms with van der Waals surface area (Å²) in [7, 11) is 1.91. The molecule has 0 bridgehead atoms. The number of carbonyl (C=O) groups excluding carboxylic acids is 1. The molecule has 3 heteroatoms. The highest BCUT2D eigenvalue weighted by Gasteiger charge is 2.44. The quantitative estimate of drug-likeness (QED) is 0.754. The van der Waals surface area contributed by atoms with Gasteiger partial charge in [0.1, 0.15) is 0 Å². The van der Waals surface area contributed by atoms with Gasteiger partial charge in [-0.05, 0) is 45.1 Å². The number of amides is 2. The first-order chi connectivity index (χ1) is 8.53. The van der Waals surface area contributed by atoms with Gasteiger partial charge in [0.25, 0.3) is 0 Å². The minimum Gasteiger partial charge on any atom is -0.318 e. The highest BCUT2D eigenvalue weighted by molar-refractivity contribution is 5.80. The predicted molar refractivity (Wildman–Crippen MR) is 80.9 cm³/mol. The highest BCUT2D eigenvalue weighted by Crippen LogP contribution is 2.41. The maximum atomic E-state index is 12.7. The lowest BCUT2D eigenvalue weighted by molar-refractivity contribution is 0.105. The van der Waals surface area contributed by atoms with Crippen LogP contribution in [0.3, 0.4) is 0 Å². The Balaban J connectivity index is 3.60. The van der Waals surface area contributed by atoms with Crippen molar-refractivity contribution < 1.29 is 4.79 Å². The number of hydrogen-bond donors (Lipinski definition) is 0. The van der Waals surface area contributed by atoms with E-state index in [1.165, 1.54) is 11.3 Å². The minimum atomic E-state index is -0.212. The summed E-state index contributed by atoms with van der Waals surface area (Å²) in [5, 5.41) is 0. The first-order valence-electron chi connectivity index (χ1n) is 7.35. The Morgan fingerprint density at radius 2 is 1.42 bits per heavy atom. The van der Waals surface area contributed by atoms with Crippen LogP contribution in [0.2, 0.25) is 0 Å². The van der Waals surface area contributed by atoms with Crippen LogP contribution in [-0.2, 0) is 0 Å². The standard InChI is InChI=1S/C16H30N2O/c1-10(2)13-14(11(3)4)18(12(5)6)15(19)17(9)16(13,7)8/h10-12H,1-9H3. The average Bonchev–Trinajstić information content (AvgIpc) is 2.23. The number of nitrogens with zero attached hydrogens (tertiary/aromatic N) is 2. The molecule has 0 saturated heterocycles. The number of likely N-dealkylation sites (N-methyl/N-ethyl adjacent to an activating group) is 1. The SMILES string of the molecule is CC(C)C1=C(C(C)C)C(C)(C)N(C)C(=O)N1C(C)C. The average molecular weight is 266 g/mol. The molecule has 0 aromatic rings. The van der Waals surface area contributed by atoms with Crippen LogP contribution in [0.5, 0.6) is 0 Å². The van der Waals surface area contributed by atoms with E-state index in [-0.39, 0.29) is 17.6 Å². The van der Waals surface area contributed by atoms with Crippen molar-refractivity contribution in [2.24, 2.45) is 11.8 Å². The van der Waals surface area contributed by atoms with Crippen LogP contribution in [0.4, 0.5) is 4.79 Å².